The van der Waals surface area contributed by atoms with E-state index in [4.69, 9.17) is 19.7 Å². The molecule has 1 saturated heterocycles. The van der Waals surface area contributed by atoms with Gasteiger partial charge in [-0.2, -0.15) is 4.98 Å². The van der Waals surface area contributed by atoms with Crippen LogP contribution >= 0.6 is 12.4 Å². The van der Waals surface area contributed by atoms with Crippen molar-refractivity contribution in [2.45, 2.75) is 18.3 Å². The van der Waals surface area contributed by atoms with Crippen LogP contribution in [0.2, 0.25) is 0 Å². The van der Waals surface area contributed by atoms with Gasteiger partial charge in [-0.3, -0.25) is 0 Å². The first kappa shape index (κ1) is 16.7. The minimum absolute atomic E-state index is 0. The highest BCUT2D eigenvalue weighted by molar-refractivity contribution is 5.85. The van der Waals surface area contributed by atoms with Gasteiger partial charge in [0, 0.05) is 37.6 Å². The van der Waals surface area contributed by atoms with Gasteiger partial charge in [0.05, 0.1) is 12.5 Å². The fourth-order valence-corrected chi connectivity index (χ4v) is 2.46. The van der Waals surface area contributed by atoms with Crippen molar-refractivity contribution < 1.29 is 14.0 Å². The molecule has 0 aliphatic carbocycles. The third kappa shape index (κ3) is 3.06. The molecule has 0 radical (unpaired) electrons. The van der Waals surface area contributed by atoms with E-state index < -0.39 is 0 Å². The molecule has 0 atom stereocenters. The molecule has 0 amide bonds. The SMILES string of the molecule is COc1ccc(-c2noc(C3(CN)CCOCC3)n2)cn1.Cl. The number of hydrogen-bond donors (Lipinski definition) is 1. The Morgan fingerprint density at radius 3 is 2.68 bits per heavy atom. The van der Waals surface area contributed by atoms with Gasteiger partial charge in [0.25, 0.3) is 0 Å². The zero-order valence-corrected chi connectivity index (χ0v) is 13.1. The van der Waals surface area contributed by atoms with Crippen LogP contribution in [0.15, 0.2) is 22.9 Å². The number of halogens is 1. The second kappa shape index (κ2) is 7.04. The van der Waals surface area contributed by atoms with Gasteiger partial charge >= 0.3 is 0 Å². The molecule has 3 rings (SSSR count). The standard InChI is InChI=1S/C14H18N4O3.ClH/c1-19-11-3-2-10(8-16-11)12-17-13(21-18-12)14(9-15)4-6-20-7-5-14;/h2-3,8H,4-7,9,15H2,1H3;1H. The molecule has 0 bridgehead atoms. The summed E-state index contributed by atoms with van der Waals surface area (Å²) in [6, 6.07) is 3.61. The van der Waals surface area contributed by atoms with E-state index in [1.165, 1.54) is 0 Å². The number of ether oxygens (including phenoxy) is 2. The van der Waals surface area contributed by atoms with Crippen LogP contribution in [0.5, 0.6) is 5.88 Å². The first-order valence-corrected chi connectivity index (χ1v) is 6.90. The molecule has 7 nitrogen and oxygen atoms in total. The largest absolute Gasteiger partial charge is 0.481 e. The molecule has 2 aromatic heterocycles. The molecular formula is C14H19ClN4O3. The highest BCUT2D eigenvalue weighted by atomic mass is 35.5. The van der Waals surface area contributed by atoms with Crippen molar-refractivity contribution in [1.82, 2.24) is 15.1 Å². The summed E-state index contributed by atoms with van der Waals surface area (Å²) in [4.78, 5) is 8.65. The lowest BCUT2D eigenvalue weighted by Crippen LogP contribution is -2.40. The average molecular weight is 327 g/mol. The Kier molecular flexibility index (Phi) is 5.33. The van der Waals surface area contributed by atoms with Gasteiger partial charge in [-0.1, -0.05) is 5.16 Å². The van der Waals surface area contributed by atoms with Crippen LogP contribution in [-0.2, 0) is 10.2 Å². The molecule has 0 spiro atoms. The van der Waals surface area contributed by atoms with Crippen molar-refractivity contribution >= 4 is 12.4 Å². The number of aromatic nitrogens is 3. The molecule has 1 aliphatic rings. The van der Waals surface area contributed by atoms with Crippen LogP contribution < -0.4 is 10.5 Å². The van der Waals surface area contributed by atoms with Gasteiger partial charge in [0.15, 0.2) is 0 Å². The van der Waals surface area contributed by atoms with Crippen LogP contribution in [0.25, 0.3) is 11.4 Å². The van der Waals surface area contributed by atoms with Crippen molar-refractivity contribution in [3.05, 3.63) is 24.2 Å². The fraction of sp³-hybridized carbons (Fsp3) is 0.500. The summed E-state index contributed by atoms with van der Waals surface area (Å²) in [5, 5.41) is 4.05. The van der Waals surface area contributed by atoms with E-state index in [9.17, 15) is 0 Å². The number of pyridine rings is 1. The van der Waals surface area contributed by atoms with Gasteiger partial charge < -0.3 is 19.7 Å². The predicted octanol–water partition coefficient (Wildman–Crippen LogP) is 1.57. The van der Waals surface area contributed by atoms with E-state index in [0.717, 1.165) is 18.4 Å². The van der Waals surface area contributed by atoms with Gasteiger partial charge in [0.1, 0.15) is 0 Å². The lowest BCUT2D eigenvalue weighted by atomic mass is 9.80. The van der Waals surface area contributed by atoms with E-state index in [1.807, 2.05) is 6.07 Å². The highest BCUT2D eigenvalue weighted by Gasteiger charge is 2.38. The fourth-order valence-electron chi connectivity index (χ4n) is 2.46. The number of nitrogens with two attached hydrogens (primary N) is 1. The minimum atomic E-state index is -0.274. The molecule has 120 valence electrons. The maximum atomic E-state index is 5.94. The summed E-state index contributed by atoms with van der Waals surface area (Å²) >= 11 is 0. The van der Waals surface area contributed by atoms with Gasteiger partial charge in [-0.05, 0) is 18.9 Å². The molecule has 0 unspecified atom stereocenters. The third-order valence-corrected chi connectivity index (χ3v) is 3.92. The summed E-state index contributed by atoms with van der Waals surface area (Å²) in [7, 11) is 1.57. The molecule has 0 aromatic carbocycles. The van der Waals surface area contributed by atoms with Crippen LogP contribution in [0.1, 0.15) is 18.7 Å². The third-order valence-electron chi connectivity index (χ3n) is 3.92. The maximum absolute atomic E-state index is 5.94. The Morgan fingerprint density at radius 1 is 1.32 bits per heavy atom. The zero-order valence-electron chi connectivity index (χ0n) is 12.3. The zero-order chi connectivity index (χ0) is 14.7. The van der Waals surface area contributed by atoms with Crippen LogP contribution in [0.4, 0.5) is 0 Å². The first-order chi connectivity index (χ1) is 10.3. The summed E-state index contributed by atoms with van der Waals surface area (Å²) in [5.74, 6) is 1.64. The summed E-state index contributed by atoms with van der Waals surface area (Å²) in [6.45, 7) is 1.80. The molecule has 0 saturated carbocycles. The molecule has 22 heavy (non-hydrogen) atoms. The van der Waals surface area contributed by atoms with Gasteiger partial charge in [0.2, 0.25) is 17.6 Å². The van der Waals surface area contributed by atoms with E-state index in [0.29, 0.717) is 37.4 Å². The van der Waals surface area contributed by atoms with Crippen molar-refractivity contribution in [1.29, 1.82) is 0 Å². The predicted molar refractivity (Wildman–Crippen MR) is 82.1 cm³/mol. The Morgan fingerprint density at radius 2 is 2.09 bits per heavy atom. The van der Waals surface area contributed by atoms with Crippen molar-refractivity contribution in [2.75, 3.05) is 26.9 Å². The summed E-state index contributed by atoms with van der Waals surface area (Å²) in [5.41, 5.74) is 6.45. The maximum Gasteiger partial charge on any atom is 0.234 e. The van der Waals surface area contributed by atoms with Gasteiger partial charge in [-0.25, -0.2) is 4.98 Å². The minimum Gasteiger partial charge on any atom is -0.481 e. The van der Waals surface area contributed by atoms with Crippen LogP contribution in [0.3, 0.4) is 0 Å². The quantitative estimate of drug-likeness (QED) is 0.910. The molecule has 2 N–H and O–H groups in total. The second-order valence-electron chi connectivity index (χ2n) is 5.11. The Bertz CT molecular complexity index is 596. The van der Waals surface area contributed by atoms with E-state index in [1.54, 1.807) is 19.4 Å². The average Bonchev–Trinajstić information content (AvgIpc) is 3.06. The molecule has 8 heteroatoms. The molecule has 3 heterocycles. The second-order valence-corrected chi connectivity index (χ2v) is 5.11. The van der Waals surface area contributed by atoms with Crippen LogP contribution in [-0.4, -0.2) is 42.0 Å². The summed E-state index contributed by atoms with van der Waals surface area (Å²) < 4.78 is 15.9. The van der Waals surface area contributed by atoms with Gasteiger partial charge in [-0.15, -0.1) is 12.4 Å². The number of nitrogens with zero attached hydrogens (tertiary/aromatic N) is 3. The van der Waals surface area contributed by atoms with E-state index >= 15 is 0 Å². The molecule has 1 aliphatic heterocycles. The van der Waals surface area contributed by atoms with Crippen molar-refractivity contribution in [3.8, 4) is 17.3 Å². The topological polar surface area (TPSA) is 96.3 Å². The lowest BCUT2D eigenvalue weighted by molar-refractivity contribution is 0.0409. The number of hydrogen-bond acceptors (Lipinski definition) is 7. The van der Waals surface area contributed by atoms with E-state index in [2.05, 4.69) is 15.1 Å². The normalized spacial score (nSPS) is 16.8. The molecule has 1 fully saturated rings. The Labute approximate surface area is 134 Å². The smallest absolute Gasteiger partial charge is 0.234 e. The first-order valence-electron chi connectivity index (χ1n) is 6.90. The lowest BCUT2D eigenvalue weighted by Gasteiger charge is -2.32. The van der Waals surface area contributed by atoms with Crippen LogP contribution in [0, 0.1) is 0 Å². The number of methoxy groups -OCH3 is 1. The van der Waals surface area contributed by atoms with E-state index in [-0.39, 0.29) is 17.8 Å². The van der Waals surface area contributed by atoms with Crippen molar-refractivity contribution in [3.63, 3.8) is 0 Å². The molecular weight excluding hydrogens is 308 g/mol. The Hall–Kier alpha value is -1.70. The monoisotopic (exact) mass is 326 g/mol. The highest BCUT2D eigenvalue weighted by Crippen LogP contribution is 2.33. The number of rotatable bonds is 4. The van der Waals surface area contributed by atoms with Crippen molar-refractivity contribution in [2.24, 2.45) is 5.73 Å². The molecule has 2 aromatic rings. The summed E-state index contributed by atoms with van der Waals surface area (Å²) in [6.07, 6.45) is 3.25. The Balaban J connectivity index is 0.00000176.